The van der Waals surface area contributed by atoms with Gasteiger partial charge in [-0.05, 0) is 43.0 Å². The molecule has 7 nitrogen and oxygen atoms in total. The predicted octanol–water partition coefficient (Wildman–Crippen LogP) is 4.04. The number of nitrogens with one attached hydrogen (secondary N) is 1. The summed E-state index contributed by atoms with van der Waals surface area (Å²) in [5.74, 6) is 0.820. The van der Waals surface area contributed by atoms with Crippen LogP contribution in [0.4, 0.5) is 10.5 Å². The van der Waals surface area contributed by atoms with Crippen molar-refractivity contribution in [3.63, 3.8) is 0 Å². The van der Waals surface area contributed by atoms with Crippen LogP contribution in [-0.2, 0) is 6.54 Å². The highest BCUT2D eigenvalue weighted by Crippen LogP contribution is 2.32. The monoisotopic (exact) mass is 369 g/mol. The topological polar surface area (TPSA) is 84.7 Å². The number of carbonyl (C=O) groups excluding carboxylic acids is 1. The Morgan fingerprint density at radius 2 is 2.07 bits per heavy atom. The van der Waals surface area contributed by atoms with Crippen molar-refractivity contribution in [1.82, 2.24) is 10.2 Å². The molecule has 3 rings (SSSR count). The van der Waals surface area contributed by atoms with E-state index in [0.29, 0.717) is 18.7 Å². The van der Waals surface area contributed by atoms with Crippen molar-refractivity contribution in [1.29, 1.82) is 0 Å². The third kappa shape index (κ3) is 4.55. The molecule has 0 saturated carbocycles. The summed E-state index contributed by atoms with van der Waals surface area (Å²) in [6, 6.07) is 14.0. The molecule has 27 heavy (non-hydrogen) atoms. The standard InChI is InChI=1S/C20H23N3O4/c1-2-27-18-10-8-16(9-11-18)19-7-4-12-22(19)20(24)21-14-15-5-3-6-17(13-15)23(25)26/h3,5-6,8-11,13,19H,2,4,7,12,14H2,1H3,(H,21,24). The lowest BCUT2D eigenvalue weighted by molar-refractivity contribution is -0.384. The summed E-state index contributed by atoms with van der Waals surface area (Å²) in [6.45, 7) is 3.51. The number of rotatable bonds is 6. The lowest BCUT2D eigenvalue weighted by Gasteiger charge is -2.25. The van der Waals surface area contributed by atoms with Gasteiger partial charge in [0.05, 0.1) is 17.6 Å². The molecule has 0 radical (unpaired) electrons. The van der Waals surface area contributed by atoms with Crippen LogP contribution in [0.25, 0.3) is 0 Å². The van der Waals surface area contributed by atoms with Gasteiger partial charge in [-0.3, -0.25) is 10.1 Å². The summed E-state index contributed by atoms with van der Waals surface area (Å²) < 4.78 is 5.47. The second-order valence-corrected chi connectivity index (χ2v) is 6.44. The number of carbonyl (C=O) groups is 1. The number of nitrogens with zero attached hydrogens (tertiary/aromatic N) is 2. The maximum Gasteiger partial charge on any atom is 0.318 e. The first-order chi connectivity index (χ1) is 13.1. The van der Waals surface area contributed by atoms with Gasteiger partial charge in [-0.25, -0.2) is 4.79 Å². The first-order valence-electron chi connectivity index (χ1n) is 9.09. The van der Waals surface area contributed by atoms with Gasteiger partial charge in [0, 0.05) is 25.2 Å². The molecule has 2 aromatic carbocycles. The molecular formula is C20H23N3O4. The van der Waals surface area contributed by atoms with Crippen LogP contribution in [0.15, 0.2) is 48.5 Å². The number of benzene rings is 2. The highest BCUT2D eigenvalue weighted by atomic mass is 16.6. The van der Waals surface area contributed by atoms with Crippen LogP contribution in [0.5, 0.6) is 5.75 Å². The maximum absolute atomic E-state index is 12.6. The molecule has 1 aliphatic rings. The smallest absolute Gasteiger partial charge is 0.318 e. The molecule has 0 aliphatic carbocycles. The number of hydrogen-bond donors (Lipinski definition) is 1. The minimum atomic E-state index is -0.437. The number of ether oxygens (including phenoxy) is 1. The van der Waals surface area contributed by atoms with Crippen LogP contribution in [0.2, 0.25) is 0 Å². The van der Waals surface area contributed by atoms with E-state index in [-0.39, 0.29) is 24.3 Å². The Balaban J connectivity index is 1.63. The summed E-state index contributed by atoms with van der Waals surface area (Å²) in [7, 11) is 0. The first kappa shape index (κ1) is 18.7. The Morgan fingerprint density at radius 1 is 1.30 bits per heavy atom. The average molecular weight is 369 g/mol. The van der Waals surface area contributed by atoms with Crippen LogP contribution in [0.1, 0.15) is 36.9 Å². The molecule has 2 aromatic rings. The van der Waals surface area contributed by atoms with Gasteiger partial charge in [0.25, 0.3) is 5.69 Å². The fourth-order valence-corrected chi connectivity index (χ4v) is 3.37. The molecule has 7 heteroatoms. The van der Waals surface area contributed by atoms with E-state index >= 15 is 0 Å². The molecule has 1 unspecified atom stereocenters. The minimum Gasteiger partial charge on any atom is -0.494 e. The molecule has 0 spiro atoms. The number of amides is 2. The van der Waals surface area contributed by atoms with Gasteiger partial charge < -0.3 is 15.0 Å². The van der Waals surface area contributed by atoms with Crippen molar-refractivity contribution in [3.8, 4) is 5.75 Å². The molecule has 1 heterocycles. The largest absolute Gasteiger partial charge is 0.494 e. The molecular weight excluding hydrogens is 346 g/mol. The molecule has 1 N–H and O–H groups in total. The van der Waals surface area contributed by atoms with Gasteiger partial charge in [-0.1, -0.05) is 24.3 Å². The average Bonchev–Trinajstić information content (AvgIpc) is 3.17. The predicted molar refractivity (Wildman–Crippen MR) is 102 cm³/mol. The van der Waals surface area contributed by atoms with Crippen molar-refractivity contribution < 1.29 is 14.5 Å². The third-order valence-electron chi connectivity index (χ3n) is 4.65. The van der Waals surface area contributed by atoms with E-state index in [0.717, 1.165) is 24.2 Å². The van der Waals surface area contributed by atoms with Gasteiger partial charge in [-0.2, -0.15) is 0 Å². The van der Waals surface area contributed by atoms with Crippen LogP contribution < -0.4 is 10.1 Å². The van der Waals surface area contributed by atoms with E-state index in [1.165, 1.54) is 12.1 Å². The Labute approximate surface area is 158 Å². The van der Waals surface area contributed by atoms with E-state index in [4.69, 9.17) is 4.74 Å². The Bertz CT molecular complexity index is 807. The zero-order valence-electron chi connectivity index (χ0n) is 15.3. The Morgan fingerprint density at radius 3 is 2.78 bits per heavy atom. The SMILES string of the molecule is CCOc1ccc(C2CCCN2C(=O)NCc2cccc([N+](=O)[O-])c2)cc1. The van der Waals surface area contributed by atoms with Crippen LogP contribution >= 0.6 is 0 Å². The molecule has 1 fully saturated rings. The normalized spacial score (nSPS) is 16.2. The number of likely N-dealkylation sites (tertiary alicyclic amines) is 1. The molecule has 1 aliphatic heterocycles. The third-order valence-corrected chi connectivity index (χ3v) is 4.65. The number of nitro benzene ring substituents is 1. The van der Waals surface area contributed by atoms with E-state index in [2.05, 4.69) is 5.32 Å². The van der Waals surface area contributed by atoms with Crippen molar-refractivity contribution in [3.05, 3.63) is 69.8 Å². The maximum atomic E-state index is 12.6. The molecule has 1 saturated heterocycles. The zero-order valence-corrected chi connectivity index (χ0v) is 15.3. The van der Waals surface area contributed by atoms with E-state index in [1.807, 2.05) is 36.1 Å². The van der Waals surface area contributed by atoms with Gasteiger partial charge >= 0.3 is 6.03 Å². The fraction of sp³-hybridized carbons (Fsp3) is 0.350. The van der Waals surface area contributed by atoms with Gasteiger partial charge in [-0.15, -0.1) is 0 Å². The summed E-state index contributed by atoms with van der Waals surface area (Å²) in [5, 5.41) is 13.7. The summed E-state index contributed by atoms with van der Waals surface area (Å²) in [5.41, 5.74) is 1.81. The molecule has 0 aromatic heterocycles. The van der Waals surface area contributed by atoms with Crippen molar-refractivity contribution in [2.75, 3.05) is 13.2 Å². The second-order valence-electron chi connectivity index (χ2n) is 6.44. The quantitative estimate of drug-likeness (QED) is 0.615. The zero-order chi connectivity index (χ0) is 19.2. The number of hydrogen-bond acceptors (Lipinski definition) is 4. The highest BCUT2D eigenvalue weighted by molar-refractivity contribution is 5.75. The highest BCUT2D eigenvalue weighted by Gasteiger charge is 2.29. The lowest BCUT2D eigenvalue weighted by Crippen LogP contribution is -2.39. The first-order valence-corrected chi connectivity index (χ1v) is 9.09. The van der Waals surface area contributed by atoms with Gasteiger partial charge in [0.2, 0.25) is 0 Å². The Hall–Kier alpha value is -3.09. The van der Waals surface area contributed by atoms with Crippen molar-refractivity contribution in [2.24, 2.45) is 0 Å². The van der Waals surface area contributed by atoms with Gasteiger partial charge in [0.15, 0.2) is 0 Å². The van der Waals surface area contributed by atoms with Crippen molar-refractivity contribution in [2.45, 2.75) is 32.4 Å². The van der Waals surface area contributed by atoms with Crippen molar-refractivity contribution >= 4 is 11.7 Å². The van der Waals surface area contributed by atoms with Gasteiger partial charge in [0.1, 0.15) is 5.75 Å². The summed E-state index contributed by atoms with van der Waals surface area (Å²) >= 11 is 0. The lowest BCUT2D eigenvalue weighted by atomic mass is 10.0. The number of urea groups is 1. The molecule has 2 amide bonds. The summed E-state index contributed by atoms with van der Waals surface area (Å²) in [4.78, 5) is 24.9. The van der Waals surface area contributed by atoms with E-state index in [1.54, 1.807) is 12.1 Å². The number of nitro groups is 1. The molecule has 1 atom stereocenters. The van der Waals surface area contributed by atoms with Crippen LogP contribution in [-0.4, -0.2) is 29.0 Å². The van der Waals surface area contributed by atoms with E-state index in [9.17, 15) is 14.9 Å². The number of non-ortho nitro benzene ring substituents is 1. The van der Waals surface area contributed by atoms with Crippen LogP contribution in [0.3, 0.4) is 0 Å². The fourth-order valence-electron chi connectivity index (χ4n) is 3.37. The molecule has 142 valence electrons. The second kappa shape index (κ2) is 8.53. The van der Waals surface area contributed by atoms with E-state index < -0.39 is 4.92 Å². The summed E-state index contributed by atoms with van der Waals surface area (Å²) in [6.07, 6.45) is 1.86. The Kier molecular flexibility index (Phi) is 5.90. The van der Waals surface area contributed by atoms with Crippen LogP contribution in [0, 0.1) is 10.1 Å². The minimum absolute atomic E-state index is 0.0233. The molecule has 0 bridgehead atoms.